The van der Waals surface area contributed by atoms with Gasteiger partial charge in [0.1, 0.15) is 11.6 Å². The Bertz CT molecular complexity index is 952. The Hall–Kier alpha value is -3.65. The summed E-state index contributed by atoms with van der Waals surface area (Å²) in [5, 5.41) is 13.9. The van der Waals surface area contributed by atoms with Crippen LogP contribution in [0.3, 0.4) is 0 Å². The van der Waals surface area contributed by atoms with Crippen LogP contribution in [0.5, 0.6) is 0 Å². The van der Waals surface area contributed by atoms with Crippen molar-refractivity contribution in [3.05, 3.63) is 78.0 Å². The van der Waals surface area contributed by atoms with Gasteiger partial charge in [-0.05, 0) is 18.2 Å². The van der Waals surface area contributed by atoms with E-state index in [1.165, 1.54) is 13.2 Å². The number of hydrogen-bond donors (Lipinski definition) is 0. The zero-order valence-electron chi connectivity index (χ0n) is 13.6. The number of methoxy groups -OCH3 is 1. The molecule has 0 amide bonds. The number of ether oxygens (including phenoxy) is 1. The van der Waals surface area contributed by atoms with Gasteiger partial charge in [0.15, 0.2) is 0 Å². The van der Waals surface area contributed by atoms with E-state index in [4.69, 9.17) is 0 Å². The van der Waals surface area contributed by atoms with E-state index in [0.29, 0.717) is 11.3 Å². The third-order valence-electron chi connectivity index (χ3n) is 3.64. The smallest absolute Gasteiger partial charge is 0.348 e. The molecule has 0 spiro atoms. The van der Waals surface area contributed by atoms with Crippen LogP contribution in [0.25, 0.3) is 23.0 Å². The van der Waals surface area contributed by atoms with E-state index in [2.05, 4.69) is 9.84 Å². The maximum absolute atomic E-state index is 11.7. The van der Waals surface area contributed by atoms with Crippen molar-refractivity contribution in [1.29, 1.82) is 5.26 Å². The zero-order chi connectivity index (χ0) is 17.6. The molecule has 3 rings (SSSR count). The van der Waals surface area contributed by atoms with Crippen molar-refractivity contribution in [2.45, 2.75) is 0 Å². The van der Waals surface area contributed by atoms with Crippen molar-refractivity contribution < 1.29 is 9.53 Å². The normalized spacial score (nSPS) is 11.0. The van der Waals surface area contributed by atoms with Gasteiger partial charge in [-0.15, -0.1) is 0 Å². The van der Waals surface area contributed by atoms with Gasteiger partial charge in [-0.1, -0.05) is 48.5 Å². The summed E-state index contributed by atoms with van der Waals surface area (Å²) in [5.41, 5.74) is 3.05. The average Bonchev–Trinajstić information content (AvgIpc) is 3.11. The predicted octanol–water partition coefficient (Wildman–Crippen LogP) is 3.62. The Morgan fingerprint density at radius 2 is 1.76 bits per heavy atom. The molecule has 3 aromatic rings. The molecule has 0 aliphatic carbocycles. The molecule has 0 fully saturated rings. The average molecular weight is 329 g/mol. The molecular formula is C20H15N3O2. The second kappa shape index (κ2) is 7.28. The topological polar surface area (TPSA) is 67.9 Å². The van der Waals surface area contributed by atoms with Crippen LogP contribution >= 0.6 is 0 Å². The van der Waals surface area contributed by atoms with E-state index in [1.807, 2.05) is 66.7 Å². The largest absolute Gasteiger partial charge is 0.465 e. The number of nitriles is 1. The van der Waals surface area contributed by atoms with E-state index < -0.39 is 5.97 Å². The molecule has 1 aromatic heterocycles. The van der Waals surface area contributed by atoms with Crippen LogP contribution in [0.2, 0.25) is 0 Å². The summed E-state index contributed by atoms with van der Waals surface area (Å²) < 4.78 is 6.38. The van der Waals surface area contributed by atoms with Crippen molar-refractivity contribution in [2.75, 3.05) is 7.11 Å². The fourth-order valence-corrected chi connectivity index (χ4v) is 2.43. The minimum absolute atomic E-state index is 0.0766. The third kappa shape index (κ3) is 3.48. The summed E-state index contributed by atoms with van der Waals surface area (Å²) in [6.45, 7) is 0. The lowest BCUT2D eigenvalue weighted by Gasteiger charge is -2.00. The van der Waals surface area contributed by atoms with Crippen molar-refractivity contribution >= 4 is 12.0 Å². The highest BCUT2D eigenvalue weighted by molar-refractivity contribution is 5.98. The molecule has 0 atom stereocenters. The summed E-state index contributed by atoms with van der Waals surface area (Å²) in [5.74, 6) is -0.672. The first kappa shape index (κ1) is 16.2. The highest BCUT2D eigenvalue weighted by Gasteiger charge is 2.15. The summed E-state index contributed by atoms with van der Waals surface area (Å²) >= 11 is 0. The Kier molecular flexibility index (Phi) is 4.72. The van der Waals surface area contributed by atoms with E-state index >= 15 is 0 Å². The van der Waals surface area contributed by atoms with Crippen LogP contribution < -0.4 is 0 Å². The summed E-state index contributed by atoms with van der Waals surface area (Å²) in [6, 6.07) is 21.1. The van der Waals surface area contributed by atoms with Crippen molar-refractivity contribution in [3.63, 3.8) is 0 Å². The molecule has 122 valence electrons. The van der Waals surface area contributed by atoms with Gasteiger partial charge in [-0.25, -0.2) is 9.48 Å². The van der Waals surface area contributed by atoms with E-state index in [-0.39, 0.29) is 5.57 Å². The molecule has 0 radical (unpaired) electrons. The first-order valence-corrected chi connectivity index (χ1v) is 7.63. The minimum atomic E-state index is -0.672. The van der Waals surface area contributed by atoms with Gasteiger partial charge < -0.3 is 4.74 Å². The van der Waals surface area contributed by atoms with Gasteiger partial charge in [-0.3, -0.25) is 0 Å². The van der Waals surface area contributed by atoms with Crippen LogP contribution in [0.1, 0.15) is 5.56 Å². The van der Waals surface area contributed by atoms with Crippen LogP contribution in [-0.4, -0.2) is 22.9 Å². The van der Waals surface area contributed by atoms with Crippen LogP contribution in [-0.2, 0) is 9.53 Å². The quantitative estimate of drug-likeness (QED) is 0.416. The van der Waals surface area contributed by atoms with Gasteiger partial charge in [0.05, 0.1) is 18.5 Å². The molecule has 0 saturated carbocycles. The Labute approximate surface area is 145 Å². The number of carbonyl (C=O) groups excluding carboxylic acids is 1. The molecule has 25 heavy (non-hydrogen) atoms. The molecule has 1 heterocycles. The SMILES string of the molecule is COC(=O)/C(C#N)=C/c1cn(-c2ccccc2)nc1-c1ccccc1. The van der Waals surface area contributed by atoms with Gasteiger partial charge in [-0.2, -0.15) is 10.4 Å². The van der Waals surface area contributed by atoms with Crippen LogP contribution in [0, 0.1) is 11.3 Å². The fraction of sp³-hybridized carbons (Fsp3) is 0.0500. The molecule has 0 bridgehead atoms. The number of rotatable bonds is 4. The second-order valence-corrected chi connectivity index (χ2v) is 5.24. The second-order valence-electron chi connectivity index (χ2n) is 5.24. The molecular weight excluding hydrogens is 314 g/mol. The monoisotopic (exact) mass is 329 g/mol. The number of benzene rings is 2. The highest BCUT2D eigenvalue weighted by Crippen LogP contribution is 2.25. The number of hydrogen-bond acceptors (Lipinski definition) is 4. The Balaban J connectivity index is 2.16. The Morgan fingerprint density at radius 3 is 2.36 bits per heavy atom. The van der Waals surface area contributed by atoms with Gasteiger partial charge in [0.25, 0.3) is 0 Å². The summed E-state index contributed by atoms with van der Waals surface area (Å²) in [7, 11) is 1.25. The molecule has 5 heteroatoms. The van der Waals surface area contributed by atoms with Crippen molar-refractivity contribution in [1.82, 2.24) is 9.78 Å². The summed E-state index contributed by atoms with van der Waals surface area (Å²) in [6.07, 6.45) is 3.29. The molecule has 0 unspecified atom stereocenters. The molecule has 2 aromatic carbocycles. The first-order chi connectivity index (χ1) is 12.2. The van der Waals surface area contributed by atoms with Gasteiger partial charge in [0, 0.05) is 17.3 Å². The lowest BCUT2D eigenvalue weighted by Crippen LogP contribution is -2.02. The molecule has 0 aliphatic rings. The molecule has 5 nitrogen and oxygen atoms in total. The number of esters is 1. The highest BCUT2D eigenvalue weighted by atomic mass is 16.5. The van der Waals surface area contributed by atoms with E-state index in [1.54, 1.807) is 10.9 Å². The van der Waals surface area contributed by atoms with Crippen LogP contribution in [0.15, 0.2) is 72.4 Å². The molecule has 0 aliphatic heterocycles. The number of nitrogens with zero attached hydrogens (tertiary/aromatic N) is 3. The fourth-order valence-electron chi connectivity index (χ4n) is 2.43. The standard InChI is InChI=1S/C20H15N3O2/c1-25-20(24)16(13-21)12-17-14-23(18-10-6-3-7-11-18)22-19(17)15-8-4-2-5-9-15/h2-12,14H,1H3/b16-12+. The van der Waals surface area contributed by atoms with E-state index in [9.17, 15) is 10.1 Å². The van der Waals surface area contributed by atoms with Gasteiger partial charge >= 0.3 is 5.97 Å². The number of aromatic nitrogens is 2. The minimum Gasteiger partial charge on any atom is -0.465 e. The summed E-state index contributed by atoms with van der Waals surface area (Å²) in [4.78, 5) is 11.7. The van der Waals surface area contributed by atoms with Gasteiger partial charge in [0.2, 0.25) is 0 Å². The Morgan fingerprint density at radius 1 is 1.12 bits per heavy atom. The number of para-hydroxylation sites is 1. The van der Waals surface area contributed by atoms with E-state index in [0.717, 1.165) is 11.3 Å². The maximum atomic E-state index is 11.7. The first-order valence-electron chi connectivity index (χ1n) is 7.63. The lowest BCUT2D eigenvalue weighted by atomic mass is 10.1. The van der Waals surface area contributed by atoms with Crippen LogP contribution in [0.4, 0.5) is 0 Å². The molecule has 0 saturated heterocycles. The zero-order valence-corrected chi connectivity index (χ0v) is 13.6. The lowest BCUT2D eigenvalue weighted by molar-refractivity contribution is -0.135. The van der Waals surface area contributed by atoms with Crippen molar-refractivity contribution in [3.8, 4) is 23.0 Å². The third-order valence-corrected chi connectivity index (χ3v) is 3.64. The molecule has 0 N–H and O–H groups in total. The number of carbonyl (C=O) groups is 1. The maximum Gasteiger partial charge on any atom is 0.348 e. The predicted molar refractivity (Wildman–Crippen MR) is 94.6 cm³/mol. The van der Waals surface area contributed by atoms with Crippen molar-refractivity contribution in [2.24, 2.45) is 0 Å².